The number of carbonyl (C=O) groups excluding carboxylic acids is 2. The fourth-order valence-corrected chi connectivity index (χ4v) is 2.38. The van der Waals surface area contributed by atoms with Gasteiger partial charge < -0.3 is 25.6 Å². The minimum absolute atomic E-state index is 0.0392. The van der Waals surface area contributed by atoms with Crippen LogP contribution in [0.2, 0.25) is 0 Å². The van der Waals surface area contributed by atoms with E-state index in [1.165, 1.54) is 0 Å². The lowest BCUT2D eigenvalue weighted by Crippen LogP contribution is -2.56. The number of ether oxygens (including phenoxy) is 1. The molecule has 0 saturated heterocycles. The van der Waals surface area contributed by atoms with Gasteiger partial charge in [-0.05, 0) is 39.7 Å². The van der Waals surface area contributed by atoms with Crippen LogP contribution in [0, 0.1) is 5.92 Å². The molecule has 4 N–H and O–H groups in total. The number of hydrogen-bond donors (Lipinski definition) is 4. The predicted molar refractivity (Wildman–Crippen MR) is 99.1 cm³/mol. The van der Waals surface area contributed by atoms with Crippen LogP contribution in [-0.4, -0.2) is 52.5 Å². The van der Waals surface area contributed by atoms with Crippen molar-refractivity contribution < 1.29 is 29.3 Å². The van der Waals surface area contributed by atoms with E-state index in [1.54, 1.807) is 58.0 Å². The van der Waals surface area contributed by atoms with Gasteiger partial charge >= 0.3 is 12.1 Å². The number of nitrogens with one attached hydrogen (secondary N) is 2. The highest BCUT2D eigenvalue weighted by atomic mass is 16.6. The van der Waals surface area contributed by atoms with Crippen molar-refractivity contribution in [3.05, 3.63) is 35.9 Å². The van der Waals surface area contributed by atoms with Crippen molar-refractivity contribution in [2.75, 3.05) is 6.61 Å². The molecule has 8 nitrogen and oxygen atoms in total. The van der Waals surface area contributed by atoms with E-state index in [9.17, 15) is 19.5 Å². The van der Waals surface area contributed by atoms with Crippen LogP contribution in [0.25, 0.3) is 0 Å². The van der Waals surface area contributed by atoms with Crippen molar-refractivity contribution in [3.63, 3.8) is 0 Å². The van der Waals surface area contributed by atoms with E-state index in [4.69, 9.17) is 9.84 Å². The molecule has 1 aromatic carbocycles. The molecule has 0 bridgehead atoms. The van der Waals surface area contributed by atoms with Crippen LogP contribution in [0.3, 0.4) is 0 Å². The Morgan fingerprint density at radius 1 is 1.11 bits per heavy atom. The molecule has 3 atom stereocenters. The van der Waals surface area contributed by atoms with E-state index >= 15 is 0 Å². The van der Waals surface area contributed by atoms with Crippen LogP contribution >= 0.6 is 0 Å². The molecule has 0 radical (unpaired) electrons. The van der Waals surface area contributed by atoms with E-state index in [1.807, 2.05) is 0 Å². The Hall–Kier alpha value is -2.61. The van der Waals surface area contributed by atoms with E-state index in [-0.39, 0.29) is 13.0 Å². The number of aliphatic hydroxyl groups excluding tert-OH is 1. The molecule has 0 aromatic heterocycles. The third-order valence-electron chi connectivity index (χ3n) is 3.64. The maximum Gasteiger partial charge on any atom is 0.408 e. The number of amides is 2. The summed E-state index contributed by atoms with van der Waals surface area (Å²) in [4.78, 5) is 36.6. The number of benzene rings is 1. The topological polar surface area (TPSA) is 125 Å². The Labute approximate surface area is 158 Å². The maximum atomic E-state index is 12.6. The monoisotopic (exact) mass is 380 g/mol. The summed E-state index contributed by atoms with van der Waals surface area (Å²) >= 11 is 0. The summed E-state index contributed by atoms with van der Waals surface area (Å²) < 4.78 is 5.16. The zero-order valence-corrected chi connectivity index (χ0v) is 16.1. The second-order valence-electron chi connectivity index (χ2n) is 7.35. The zero-order valence-electron chi connectivity index (χ0n) is 16.1. The number of carboxylic acids is 1. The van der Waals surface area contributed by atoms with Crippen LogP contribution in [0.1, 0.15) is 33.3 Å². The fraction of sp³-hybridized carbons (Fsp3) is 0.526. The van der Waals surface area contributed by atoms with Gasteiger partial charge in [0.15, 0.2) is 0 Å². The molecule has 0 aliphatic rings. The Kier molecular flexibility index (Phi) is 8.24. The van der Waals surface area contributed by atoms with E-state index < -0.39 is 41.6 Å². The SMILES string of the molecule is C[C@H](CO)NC(=O)[C@@H](NC(=O)OC(C)(C)C)C(Cc1ccccc1)C(=O)O. The molecule has 27 heavy (non-hydrogen) atoms. The summed E-state index contributed by atoms with van der Waals surface area (Å²) in [6.45, 7) is 6.23. The number of hydrogen-bond acceptors (Lipinski definition) is 5. The van der Waals surface area contributed by atoms with E-state index in [0.29, 0.717) is 5.56 Å². The highest BCUT2D eigenvalue weighted by molar-refractivity contribution is 5.90. The molecule has 8 heteroatoms. The van der Waals surface area contributed by atoms with Gasteiger partial charge in [0.1, 0.15) is 11.6 Å². The average Bonchev–Trinajstić information content (AvgIpc) is 2.56. The normalized spacial score (nSPS) is 14.6. The highest BCUT2D eigenvalue weighted by Gasteiger charge is 2.36. The van der Waals surface area contributed by atoms with Crippen molar-refractivity contribution in [3.8, 4) is 0 Å². The van der Waals surface area contributed by atoms with Crippen LogP contribution in [-0.2, 0) is 20.7 Å². The lowest BCUT2D eigenvalue weighted by Gasteiger charge is -2.27. The summed E-state index contributed by atoms with van der Waals surface area (Å²) in [6, 6.07) is 6.85. The maximum absolute atomic E-state index is 12.6. The minimum atomic E-state index is -1.37. The van der Waals surface area contributed by atoms with Crippen LogP contribution in [0.15, 0.2) is 30.3 Å². The molecular weight excluding hydrogens is 352 g/mol. The van der Waals surface area contributed by atoms with Gasteiger partial charge in [-0.1, -0.05) is 30.3 Å². The molecule has 0 aliphatic carbocycles. The predicted octanol–water partition coefficient (Wildman–Crippen LogP) is 1.32. The van der Waals surface area contributed by atoms with Crippen molar-refractivity contribution in [2.45, 2.75) is 51.8 Å². The molecule has 2 amide bonds. The highest BCUT2D eigenvalue weighted by Crippen LogP contribution is 2.15. The smallest absolute Gasteiger partial charge is 0.408 e. The first kappa shape index (κ1) is 22.4. The fourth-order valence-electron chi connectivity index (χ4n) is 2.38. The first-order valence-corrected chi connectivity index (χ1v) is 8.71. The molecule has 1 aromatic rings. The van der Waals surface area contributed by atoms with Crippen molar-refractivity contribution >= 4 is 18.0 Å². The van der Waals surface area contributed by atoms with E-state index in [2.05, 4.69) is 10.6 Å². The van der Waals surface area contributed by atoms with Gasteiger partial charge in [-0.25, -0.2) is 4.79 Å². The molecule has 150 valence electrons. The van der Waals surface area contributed by atoms with E-state index in [0.717, 1.165) is 0 Å². The van der Waals surface area contributed by atoms with Gasteiger partial charge in [0.2, 0.25) is 5.91 Å². The van der Waals surface area contributed by atoms with Gasteiger partial charge in [0.25, 0.3) is 0 Å². The Morgan fingerprint density at radius 2 is 1.70 bits per heavy atom. The van der Waals surface area contributed by atoms with Crippen molar-refractivity contribution in [1.82, 2.24) is 10.6 Å². The summed E-state index contributed by atoms with van der Waals surface area (Å²) in [7, 11) is 0. The summed E-state index contributed by atoms with van der Waals surface area (Å²) in [5.74, 6) is -3.15. The molecule has 1 unspecified atom stereocenters. The molecule has 0 fully saturated rings. The number of carboxylic acid groups (broad SMARTS) is 1. The standard InChI is InChI=1S/C19H28N2O6/c1-12(11-22)20-16(23)15(21-18(26)27-19(2,3)4)14(17(24)25)10-13-8-6-5-7-9-13/h5-9,12,14-15,22H,10-11H2,1-4H3,(H,20,23)(H,21,26)(H,24,25)/t12-,14?,15+/m1/s1. The number of alkyl carbamates (subject to hydrolysis) is 1. The summed E-state index contributed by atoms with van der Waals surface area (Å²) in [5.41, 5.74) is -0.0920. The third kappa shape index (κ3) is 8.08. The first-order chi connectivity index (χ1) is 12.5. The largest absolute Gasteiger partial charge is 0.481 e. The Balaban J connectivity index is 3.08. The number of carbonyl (C=O) groups is 3. The number of rotatable bonds is 8. The average molecular weight is 380 g/mol. The van der Waals surface area contributed by atoms with Gasteiger partial charge in [0.05, 0.1) is 12.5 Å². The lowest BCUT2D eigenvalue weighted by molar-refractivity contribution is -0.145. The summed E-state index contributed by atoms with van der Waals surface area (Å²) in [6.07, 6.45) is -0.851. The van der Waals surface area contributed by atoms with Gasteiger partial charge in [-0.2, -0.15) is 0 Å². The van der Waals surface area contributed by atoms with Crippen molar-refractivity contribution in [1.29, 1.82) is 0 Å². The van der Waals surface area contributed by atoms with Crippen LogP contribution in [0.4, 0.5) is 4.79 Å². The van der Waals surface area contributed by atoms with Crippen molar-refractivity contribution in [2.24, 2.45) is 5.92 Å². The quantitative estimate of drug-likeness (QED) is 0.539. The number of aliphatic carboxylic acids is 1. The number of aliphatic hydroxyl groups is 1. The van der Waals surface area contributed by atoms with Crippen LogP contribution in [0.5, 0.6) is 0 Å². The lowest BCUT2D eigenvalue weighted by atomic mass is 9.91. The Morgan fingerprint density at radius 3 is 2.19 bits per heavy atom. The molecule has 0 spiro atoms. The van der Waals surface area contributed by atoms with Gasteiger partial charge in [-0.3, -0.25) is 9.59 Å². The first-order valence-electron chi connectivity index (χ1n) is 8.71. The minimum Gasteiger partial charge on any atom is -0.481 e. The molecule has 0 saturated carbocycles. The molecule has 0 heterocycles. The molecule has 1 rings (SSSR count). The second kappa shape index (κ2) is 9.91. The molecule has 0 aliphatic heterocycles. The Bertz CT molecular complexity index is 641. The second-order valence-corrected chi connectivity index (χ2v) is 7.35. The molecular formula is C19H28N2O6. The summed E-state index contributed by atoms with van der Waals surface area (Å²) in [5, 5.41) is 23.7. The van der Waals surface area contributed by atoms with Gasteiger partial charge in [-0.15, -0.1) is 0 Å². The van der Waals surface area contributed by atoms with Crippen LogP contribution < -0.4 is 10.6 Å². The third-order valence-corrected chi connectivity index (χ3v) is 3.64. The zero-order chi connectivity index (χ0) is 20.6. The van der Waals surface area contributed by atoms with Gasteiger partial charge in [0, 0.05) is 6.04 Å².